The second-order valence-electron chi connectivity index (χ2n) is 10.1. The average molecular weight is 523 g/mol. The number of hydrogen-bond donors (Lipinski definition) is 2. The number of pyridine rings is 2. The van der Waals surface area contributed by atoms with Crippen molar-refractivity contribution in [3.8, 4) is 11.1 Å². The Labute approximate surface area is 218 Å². The maximum Gasteiger partial charge on any atom is 0.243 e. The van der Waals surface area contributed by atoms with Gasteiger partial charge < -0.3 is 20.2 Å². The molecule has 2 atom stereocenters. The minimum Gasteiger partial charge on any atom is -0.390 e. The van der Waals surface area contributed by atoms with Crippen LogP contribution in [0.2, 0.25) is 0 Å². The van der Waals surface area contributed by atoms with Crippen molar-refractivity contribution in [3.63, 3.8) is 0 Å². The fourth-order valence-electron chi connectivity index (χ4n) is 4.74. The van der Waals surface area contributed by atoms with Gasteiger partial charge >= 0.3 is 0 Å². The molecule has 2 saturated heterocycles. The number of sulfonamides is 1. The lowest BCUT2D eigenvalue weighted by Crippen LogP contribution is -2.57. The number of nitrogens with one attached hydrogen (secondary N) is 1. The second kappa shape index (κ2) is 10.4. The van der Waals surface area contributed by atoms with Crippen molar-refractivity contribution < 1.29 is 13.5 Å². The molecular formula is C27H34N6O3S. The lowest BCUT2D eigenvalue weighted by molar-refractivity contribution is 0.0949. The Kier molecular flexibility index (Phi) is 7.17. The largest absolute Gasteiger partial charge is 0.390 e. The summed E-state index contributed by atoms with van der Waals surface area (Å²) in [5.41, 5.74) is 2.98. The zero-order chi connectivity index (χ0) is 26.2. The third kappa shape index (κ3) is 5.47. The zero-order valence-electron chi connectivity index (χ0n) is 21.4. The summed E-state index contributed by atoms with van der Waals surface area (Å²) in [5.74, 6) is 1.60. The van der Waals surface area contributed by atoms with Crippen LogP contribution in [0.5, 0.6) is 0 Å². The summed E-state index contributed by atoms with van der Waals surface area (Å²) in [5, 5.41) is 13.9. The van der Waals surface area contributed by atoms with E-state index >= 15 is 0 Å². The highest BCUT2D eigenvalue weighted by Crippen LogP contribution is 2.29. The van der Waals surface area contributed by atoms with Gasteiger partial charge in [-0.15, -0.1) is 0 Å². The van der Waals surface area contributed by atoms with Gasteiger partial charge in [0.1, 0.15) is 11.6 Å². The van der Waals surface area contributed by atoms with Gasteiger partial charge in [0, 0.05) is 44.6 Å². The quantitative estimate of drug-likeness (QED) is 0.488. The zero-order valence-corrected chi connectivity index (χ0v) is 22.3. The molecule has 37 heavy (non-hydrogen) atoms. The van der Waals surface area contributed by atoms with Crippen LogP contribution in [-0.2, 0) is 10.0 Å². The van der Waals surface area contributed by atoms with E-state index in [0.29, 0.717) is 24.8 Å². The Morgan fingerprint density at radius 1 is 1.00 bits per heavy atom. The molecule has 4 heterocycles. The summed E-state index contributed by atoms with van der Waals surface area (Å²) in [6.45, 7) is 4.21. The first-order valence-corrected chi connectivity index (χ1v) is 14.0. The van der Waals surface area contributed by atoms with Gasteiger partial charge in [0.25, 0.3) is 0 Å². The number of aryl methyl sites for hydroxylation is 1. The lowest BCUT2D eigenvalue weighted by Gasteiger charge is -2.43. The third-order valence-electron chi connectivity index (χ3n) is 7.28. The molecule has 9 nitrogen and oxygen atoms in total. The van der Waals surface area contributed by atoms with Crippen molar-refractivity contribution in [2.45, 2.75) is 36.4 Å². The summed E-state index contributed by atoms with van der Waals surface area (Å²) in [7, 11) is 0.453. The summed E-state index contributed by atoms with van der Waals surface area (Å²) < 4.78 is 28.0. The van der Waals surface area contributed by atoms with Gasteiger partial charge in [-0.1, -0.05) is 18.2 Å². The molecule has 0 aliphatic carbocycles. The lowest BCUT2D eigenvalue weighted by atomic mass is 10.0. The van der Waals surface area contributed by atoms with Crippen LogP contribution < -0.4 is 10.2 Å². The number of β-amino-alcohol motifs (C(OH)–C–C–N with tert-alkyl or cyclic N) is 1. The molecule has 196 valence electrons. The highest BCUT2D eigenvalue weighted by Gasteiger charge is 2.35. The fourth-order valence-corrected chi connectivity index (χ4v) is 6.21. The molecule has 1 aromatic carbocycles. The molecule has 0 amide bonds. The van der Waals surface area contributed by atoms with Crippen molar-refractivity contribution in [2.24, 2.45) is 0 Å². The highest BCUT2D eigenvalue weighted by atomic mass is 32.2. The van der Waals surface area contributed by atoms with E-state index in [0.717, 1.165) is 35.6 Å². The standard InChI is InChI=1S/C27H34N6O3S/c1-19-4-9-26(29-15-19)30-24-11-13-33(18-25(24)34)37(35,36)23-7-5-20(6-8-23)21-10-12-28-27(14-21)32-16-22(17-32)31(2)3/h4-10,12,14-15,22,24-25,34H,11,13,16-18H2,1-3H3,(H,29,30)/t24-,25+/m1/s1. The summed E-state index contributed by atoms with van der Waals surface area (Å²) in [6.07, 6.45) is 3.20. The third-order valence-corrected chi connectivity index (χ3v) is 9.16. The number of aromatic nitrogens is 2. The molecule has 0 radical (unpaired) electrons. The van der Waals surface area contributed by atoms with Gasteiger partial charge in [0.05, 0.1) is 17.0 Å². The molecule has 0 bridgehead atoms. The maximum absolute atomic E-state index is 13.3. The van der Waals surface area contributed by atoms with Gasteiger partial charge in [-0.05, 0) is 74.5 Å². The van der Waals surface area contributed by atoms with Gasteiger partial charge in [-0.25, -0.2) is 18.4 Å². The van der Waals surface area contributed by atoms with Gasteiger partial charge in [0.2, 0.25) is 10.0 Å². The van der Waals surface area contributed by atoms with Crippen molar-refractivity contribution in [2.75, 3.05) is 50.5 Å². The predicted octanol–water partition coefficient (Wildman–Crippen LogP) is 2.44. The predicted molar refractivity (Wildman–Crippen MR) is 145 cm³/mol. The van der Waals surface area contributed by atoms with Crippen molar-refractivity contribution in [3.05, 3.63) is 66.5 Å². The smallest absolute Gasteiger partial charge is 0.243 e. The SMILES string of the molecule is Cc1ccc(N[C@@H]2CCN(S(=O)(=O)c3ccc(-c4ccnc(N5CC(N(C)C)C5)c4)cc3)C[C@@H]2O)nc1. The van der Waals surface area contributed by atoms with Crippen molar-refractivity contribution in [1.29, 1.82) is 0 Å². The van der Waals surface area contributed by atoms with Crippen LogP contribution in [0, 0.1) is 6.92 Å². The number of likely N-dealkylation sites (N-methyl/N-ethyl adjacent to an activating group) is 1. The van der Waals surface area contributed by atoms with E-state index in [4.69, 9.17) is 0 Å². The van der Waals surface area contributed by atoms with Gasteiger partial charge in [0.15, 0.2) is 0 Å². The van der Waals surface area contributed by atoms with E-state index in [1.54, 1.807) is 24.5 Å². The molecule has 5 rings (SSSR count). The van der Waals surface area contributed by atoms with E-state index in [2.05, 4.69) is 39.2 Å². The normalized spacial score (nSPS) is 21.2. The van der Waals surface area contributed by atoms with Crippen molar-refractivity contribution >= 4 is 21.7 Å². The summed E-state index contributed by atoms with van der Waals surface area (Å²) in [6, 6.07) is 15.0. The van der Waals surface area contributed by atoms with Gasteiger partial charge in [-0.3, -0.25) is 0 Å². The number of anilines is 2. The Morgan fingerprint density at radius 2 is 1.76 bits per heavy atom. The number of hydrogen-bond acceptors (Lipinski definition) is 8. The minimum absolute atomic E-state index is 0.0328. The van der Waals surface area contributed by atoms with Crippen LogP contribution in [0.1, 0.15) is 12.0 Å². The Balaban J connectivity index is 1.24. The molecule has 0 saturated carbocycles. The number of benzene rings is 1. The first-order chi connectivity index (χ1) is 17.7. The monoisotopic (exact) mass is 522 g/mol. The van der Waals surface area contributed by atoms with E-state index < -0.39 is 16.1 Å². The van der Waals surface area contributed by atoms with Crippen LogP contribution in [-0.4, -0.2) is 91.2 Å². The highest BCUT2D eigenvalue weighted by molar-refractivity contribution is 7.89. The first kappa shape index (κ1) is 25.6. The number of nitrogens with zero attached hydrogens (tertiary/aromatic N) is 5. The topological polar surface area (TPSA) is 102 Å². The molecule has 2 N–H and O–H groups in total. The number of piperidine rings is 1. The molecule has 3 aromatic rings. The Hall–Kier alpha value is -3.05. The second-order valence-corrected chi connectivity index (χ2v) is 12.1. The maximum atomic E-state index is 13.3. The fraction of sp³-hybridized carbons (Fsp3) is 0.407. The van der Waals surface area contributed by atoms with Gasteiger partial charge in [-0.2, -0.15) is 4.31 Å². The van der Waals surface area contributed by atoms with Crippen LogP contribution in [0.3, 0.4) is 0 Å². The van der Waals surface area contributed by atoms with E-state index in [1.165, 1.54) is 4.31 Å². The number of aliphatic hydroxyl groups is 1. The van der Waals surface area contributed by atoms with E-state index in [9.17, 15) is 13.5 Å². The summed E-state index contributed by atoms with van der Waals surface area (Å²) >= 11 is 0. The number of rotatable bonds is 7. The molecule has 2 fully saturated rings. The van der Waals surface area contributed by atoms with Crippen LogP contribution in [0.25, 0.3) is 11.1 Å². The summed E-state index contributed by atoms with van der Waals surface area (Å²) in [4.78, 5) is 13.5. The molecule has 2 aromatic heterocycles. The molecule has 0 unspecified atom stereocenters. The van der Waals surface area contributed by atoms with E-state index in [1.807, 2.05) is 43.3 Å². The average Bonchev–Trinajstić information content (AvgIpc) is 2.85. The van der Waals surface area contributed by atoms with Crippen LogP contribution in [0.15, 0.2) is 65.8 Å². The molecule has 10 heteroatoms. The Bertz CT molecular complexity index is 1330. The molecular weight excluding hydrogens is 488 g/mol. The molecule has 0 spiro atoms. The first-order valence-electron chi connectivity index (χ1n) is 12.6. The van der Waals surface area contributed by atoms with Crippen molar-refractivity contribution in [1.82, 2.24) is 19.2 Å². The Morgan fingerprint density at radius 3 is 2.41 bits per heavy atom. The minimum atomic E-state index is -3.72. The van der Waals surface area contributed by atoms with E-state index in [-0.39, 0.29) is 17.5 Å². The van der Waals surface area contributed by atoms with Crippen LogP contribution >= 0.6 is 0 Å². The number of aliphatic hydroxyl groups excluding tert-OH is 1. The molecule has 2 aliphatic heterocycles. The molecule has 2 aliphatic rings. The van der Waals surface area contributed by atoms with Crippen LogP contribution in [0.4, 0.5) is 11.6 Å².